The van der Waals surface area contributed by atoms with Crippen molar-refractivity contribution in [3.63, 3.8) is 0 Å². The number of hydrogen-bond donors (Lipinski definition) is 1. The molecule has 1 aliphatic carbocycles. The molecule has 0 saturated heterocycles. The van der Waals surface area contributed by atoms with Crippen LogP contribution in [0.2, 0.25) is 0 Å². The first-order valence-electron chi connectivity index (χ1n) is 13.3. The molecular weight excluding hydrogens is 460 g/mol. The highest BCUT2D eigenvalue weighted by molar-refractivity contribution is 6.07. The summed E-state index contributed by atoms with van der Waals surface area (Å²) in [7, 11) is 0. The third kappa shape index (κ3) is 6.25. The summed E-state index contributed by atoms with van der Waals surface area (Å²) in [6.07, 6.45) is 15.5. The number of anilines is 1. The Morgan fingerprint density at radius 1 is 1.19 bits per heavy atom. The Labute approximate surface area is 220 Å². The van der Waals surface area contributed by atoms with Crippen molar-refractivity contribution in [3.05, 3.63) is 96.0 Å². The van der Waals surface area contributed by atoms with Crippen molar-refractivity contribution in [2.24, 2.45) is 0 Å². The summed E-state index contributed by atoms with van der Waals surface area (Å²) in [4.78, 5) is 35.8. The number of fused-ring (bicyclic) bond motifs is 1. The van der Waals surface area contributed by atoms with E-state index in [1.54, 1.807) is 11.1 Å². The molecule has 2 aromatic rings. The molecule has 1 N–H and O–H groups in total. The predicted molar refractivity (Wildman–Crippen MR) is 149 cm³/mol. The first kappa shape index (κ1) is 26.6. The number of rotatable bonds is 10. The number of hydrogen-bond acceptors (Lipinski definition) is 4. The maximum atomic E-state index is 14.1. The van der Waals surface area contributed by atoms with Crippen LogP contribution in [-0.4, -0.2) is 40.8 Å². The number of allylic oxidation sites excluding steroid dienone is 4. The van der Waals surface area contributed by atoms with Crippen LogP contribution in [0.5, 0.6) is 0 Å². The molecule has 194 valence electrons. The Morgan fingerprint density at radius 3 is 2.68 bits per heavy atom. The van der Waals surface area contributed by atoms with Crippen LogP contribution >= 0.6 is 0 Å². The van der Waals surface area contributed by atoms with Gasteiger partial charge in [-0.2, -0.15) is 0 Å². The summed E-state index contributed by atoms with van der Waals surface area (Å²) in [6.45, 7) is 8.62. The Morgan fingerprint density at radius 2 is 1.97 bits per heavy atom. The number of nitrogens with zero attached hydrogens (tertiary/aromatic N) is 3. The number of carbonyl (C=O) groups is 2. The van der Waals surface area contributed by atoms with Gasteiger partial charge in [0.05, 0.1) is 6.54 Å². The molecule has 6 nitrogen and oxygen atoms in total. The number of benzene rings is 1. The van der Waals surface area contributed by atoms with Crippen molar-refractivity contribution in [2.75, 3.05) is 18.0 Å². The highest BCUT2D eigenvalue weighted by atomic mass is 16.2. The van der Waals surface area contributed by atoms with Crippen LogP contribution in [0.1, 0.15) is 63.1 Å². The maximum absolute atomic E-state index is 14.1. The van der Waals surface area contributed by atoms with Gasteiger partial charge in [-0.3, -0.25) is 19.5 Å². The monoisotopic (exact) mass is 498 g/mol. The van der Waals surface area contributed by atoms with Gasteiger partial charge in [-0.1, -0.05) is 61.8 Å². The van der Waals surface area contributed by atoms with Crippen molar-refractivity contribution in [3.8, 4) is 0 Å². The highest BCUT2D eigenvalue weighted by Gasteiger charge is 2.45. The normalized spacial score (nSPS) is 18.3. The molecule has 1 fully saturated rings. The summed E-state index contributed by atoms with van der Waals surface area (Å²) >= 11 is 0. The van der Waals surface area contributed by atoms with Gasteiger partial charge in [0.25, 0.3) is 5.91 Å². The number of pyridine rings is 1. The van der Waals surface area contributed by atoms with Gasteiger partial charge in [0.1, 0.15) is 6.04 Å². The fraction of sp³-hybridized carbons (Fsp3) is 0.387. The molecule has 0 bridgehead atoms. The summed E-state index contributed by atoms with van der Waals surface area (Å²) in [6, 6.07) is 11.4. The smallest absolute Gasteiger partial charge is 0.255 e. The van der Waals surface area contributed by atoms with Crippen LogP contribution in [0, 0.1) is 0 Å². The SMILES string of the molecule is C=C(C)/C=C(\C=C/C)N(C(=O)CNCCc1cccnc1)C1C(=O)N(C2CCCCC2)c2ccccc21. The standard InChI is InChI=1S/C31H38N4O2/c1-4-11-26(20-23(2)3)35(29(36)22-33-19-17-24-12-10-18-32-21-24)30-27-15-8-9-16-28(27)34(31(30)37)25-13-6-5-7-14-25/h4,8-12,15-16,18,20-21,25,30,33H,2,5-7,13-14,17,19,22H2,1,3H3/b11-4-,26-20+. The molecule has 37 heavy (non-hydrogen) atoms. The molecule has 4 rings (SSSR count). The van der Waals surface area contributed by atoms with Crippen LogP contribution in [0.4, 0.5) is 5.69 Å². The van der Waals surface area contributed by atoms with Crippen LogP contribution in [0.15, 0.2) is 84.9 Å². The number of aromatic nitrogens is 1. The summed E-state index contributed by atoms with van der Waals surface area (Å²) in [5.41, 5.74) is 4.42. The lowest BCUT2D eigenvalue weighted by molar-refractivity contribution is -0.136. The molecule has 1 saturated carbocycles. The van der Waals surface area contributed by atoms with E-state index >= 15 is 0 Å². The van der Waals surface area contributed by atoms with Crippen molar-refractivity contribution in [2.45, 2.75) is 64.5 Å². The van der Waals surface area contributed by atoms with E-state index in [1.165, 1.54) is 6.42 Å². The van der Waals surface area contributed by atoms with E-state index in [4.69, 9.17) is 0 Å². The van der Waals surface area contributed by atoms with E-state index < -0.39 is 6.04 Å². The zero-order valence-corrected chi connectivity index (χ0v) is 22.0. The minimum atomic E-state index is -0.701. The zero-order valence-electron chi connectivity index (χ0n) is 22.0. The second-order valence-corrected chi connectivity index (χ2v) is 9.93. The van der Waals surface area contributed by atoms with Crippen LogP contribution in [0.25, 0.3) is 0 Å². The van der Waals surface area contributed by atoms with E-state index in [2.05, 4.69) is 16.9 Å². The lowest BCUT2D eigenvalue weighted by Gasteiger charge is -2.34. The molecule has 1 aromatic carbocycles. The maximum Gasteiger partial charge on any atom is 0.255 e. The van der Waals surface area contributed by atoms with Crippen molar-refractivity contribution >= 4 is 17.5 Å². The topological polar surface area (TPSA) is 65.5 Å². The van der Waals surface area contributed by atoms with Gasteiger partial charge in [0, 0.05) is 35.4 Å². The summed E-state index contributed by atoms with van der Waals surface area (Å²) in [5.74, 6) is -0.163. The average molecular weight is 499 g/mol. The van der Waals surface area contributed by atoms with Gasteiger partial charge in [-0.05, 0) is 69.5 Å². The van der Waals surface area contributed by atoms with Crippen molar-refractivity contribution < 1.29 is 9.59 Å². The minimum absolute atomic E-state index is 0.0195. The van der Waals surface area contributed by atoms with Gasteiger partial charge in [-0.25, -0.2) is 0 Å². The van der Waals surface area contributed by atoms with E-state index in [0.717, 1.165) is 54.5 Å². The quantitative estimate of drug-likeness (QED) is 0.347. The Hall–Kier alpha value is -3.51. The fourth-order valence-corrected chi connectivity index (χ4v) is 5.40. The first-order chi connectivity index (χ1) is 18.0. The number of carbonyl (C=O) groups excluding carboxylic acids is 2. The lowest BCUT2D eigenvalue weighted by Crippen LogP contribution is -2.46. The molecule has 1 unspecified atom stereocenters. The molecule has 1 aliphatic heterocycles. The Bertz CT molecular complexity index is 1160. The molecule has 2 amide bonds. The van der Waals surface area contributed by atoms with Crippen LogP contribution in [0.3, 0.4) is 0 Å². The average Bonchev–Trinajstić information content (AvgIpc) is 3.19. The van der Waals surface area contributed by atoms with Crippen molar-refractivity contribution in [1.82, 2.24) is 15.2 Å². The van der Waals surface area contributed by atoms with Gasteiger partial charge in [0.15, 0.2) is 0 Å². The van der Waals surface area contributed by atoms with Gasteiger partial charge >= 0.3 is 0 Å². The predicted octanol–water partition coefficient (Wildman–Crippen LogP) is 5.50. The van der Waals surface area contributed by atoms with E-state index in [0.29, 0.717) is 12.2 Å². The van der Waals surface area contributed by atoms with E-state index in [1.807, 2.05) is 79.6 Å². The van der Waals surface area contributed by atoms with Crippen LogP contribution < -0.4 is 10.2 Å². The lowest BCUT2D eigenvalue weighted by atomic mass is 9.94. The summed E-state index contributed by atoms with van der Waals surface area (Å²) in [5, 5.41) is 3.28. The number of para-hydroxylation sites is 1. The second-order valence-electron chi connectivity index (χ2n) is 9.93. The number of nitrogens with one attached hydrogen (secondary N) is 1. The van der Waals surface area contributed by atoms with Crippen molar-refractivity contribution in [1.29, 1.82) is 0 Å². The zero-order chi connectivity index (χ0) is 26.2. The molecule has 1 atom stereocenters. The molecule has 2 heterocycles. The van der Waals surface area contributed by atoms with Crippen LogP contribution in [-0.2, 0) is 16.0 Å². The molecule has 0 spiro atoms. The molecule has 1 aromatic heterocycles. The number of amides is 2. The minimum Gasteiger partial charge on any atom is -0.308 e. The third-order valence-corrected chi connectivity index (χ3v) is 7.03. The molecular formula is C31H38N4O2. The van der Waals surface area contributed by atoms with Gasteiger partial charge < -0.3 is 10.2 Å². The van der Waals surface area contributed by atoms with Gasteiger partial charge in [-0.15, -0.1) is 0 Å². The molecule has 6 heteroatoms. The fourth-order valence-electron chi connectivity index (χ4n) is 5.40. The highest BCUT2D eigenvalue weighted by Crippen LogP contribution is 2.44. The van der Waals surface area contributed by atoms with E-state index in [-0.39, 0.29) is 24.4 Å². The molecule has 2 aliphatic rings. The Balaban J connectivity index is 1.63. The Kier molecular flexibility index (Phi) is 9.07. The molecule has 0 radical (unpaired) electrons. The van der Waals surface area contributed by atoms with E-state index in [9.17, 15) is 9.59 Å². The first-order valence-corrected chi connectivity index (χ1v) is 13.3. The second kappa shape index (κ2) is 12.6. The van der Waals surface area contributed by atoms with Gasteiger partial charge in [0.2, 0.25) is 5.91 Å². The summed E-state index contributed by atoms with van der Waals surface area (Å²) < 4.78 is 0. The largest absolute Gasteiger partial charge is 0.308 e. The third-order valence-electron chi connectivity index (χ3n) is 7.03.